The molecule has 0 bridgehead atoms. The third kappa shape index (κ3) is 7.35. The SMILES string of the molecule is CCOc1ccc2oc(C(=O)N/N=C/c3cc(Br)c(OCC(=O)Nc4ccc(F)cc4)c(OCC)c3)cc2c1. The lowest BCUT2D eigenvalue weighted by Crippen LogP contribution is -2.20. The molecule has 0 unspecified atom stereocenters. The summed E-state index contributed by atoms with van der Waals surface area (Å²) < 4.78 is 36.0. The first-order valence-electron chi connectivity index (χ1n) is 12.0. The van der Waals surface area contributed by atoms with Crippen LogP contribution in [-0.4, -0.2) is 37.8 Å². The van der Waals surface area contributed by atoms with Crippen LogP contribution in [0.15, 0.2) is 74.7 Å². The number of carbonyl (C=O) groups is 2. The van der Waals surface area contributed by atoms with Crippen LogP contribution in [0, 0.1) is 5.82 Å². The topological polar surface area (TPSA) is 111 Å². The van der Waals surface area contributed by atoms with Gasteiger partial charge in [0, 0.05) is 11.1 Å². The highest BCUT2D eigenvalue weighted by Crippen LogP contribution is 2.36. The fourth-order valence-electron chi connectivity index (χ4n) is 3.54. The summed E-state index contributed by atoms with van der Waals surface area (Å²) in [6, 6.07) is 15.7. The van der Waals surface area contributed by atoms with E-state index in [0.717, 1.165) is 5.39 Å². The number of hydrogen-bond acceptors (Lipinski definition) is 7. The summed E-state index contributed by atoms with van der Waals surface area (Å²) in [5.41, 5.74) is 4.04. The summed E-state index contributed by atoms with van der Waals surface area (Å²) in [7, 11) is 0. The van der Waals surface area contributed by atoms with E-state index in [9.17, 15) is 14.0 Å². The Morgan fingerprint density at radius 3 is 2.51 bits per heavy atom. The summed E-state index contributed by atoms with van der Waals surface area (Å²) in [5, 5.41) is 7.38. The Balaban J connectivity index is 1.40. The van der Waals surface area contributed by atoms with Gasteiger partial charge in [0.25, 0.3) is 5.91 Å². The Kier molecular flexibility index (Phi) is 9.16. The number of nitrogens with one attached hydrogen (secondary N) is 2. The van der Waals surface area contributed by atoms with Crippen LogP contribution in [0.25, 0.3) is 11.0 Å². The number of furan rings is 1. The van der Waals surface area contributed by atoms with E-state index in [-0.39, 0.29) is 12.4 Å². The largest absolute Gasteiger partial charge is 0.494 e. The van der Waals surface area contributed by atoms with Crippen LogP contribution in [-0.2, 0) is 4.79 Å². The van der Waals surface area contributed by atoms with Gasteiger partial charge in [-0.15, -0.1) is 0 Å². The molecule has 39 heavy (non-hydrogen) atoms. The second-order valence-corrected chi connectivity index (χ2v) is 8.90. The van der Waals surface area contributed by atoms with Gasteiger partial charge in [0.05, 0.1) is 23.9 Å². The summed E-state index contributed by atoms with van der Waals surface area (Å²) >= 11 is 3.43. The molecule has 0 saturated heterocycles. The average molecular weight is 598 g/mol. The molecule has 2 N–H and O–H groups in total. The Morgan fingerprint density at radius 2 is 1.77 bits per heavy atom. The van der Waals surface area contributed by atoms with E-state index in [0.29, 0.717) is 51.8 Å². The Bertz CT molecular complexity index is 1500. The second kappa shape index (κ2) is 12.9. The maximum atomic E-state index is 13.1. The maximum absolute atomic E-state index is 13.1. The average Bonchev–Trinajstić information content (AvgIpc) is 3.34. The van der Waals surface area contributed by atoms with Gasteiger partial charge < -0.3 is 23.9 Å². The molecular formula is C28H25BrFN3O6. The van der Waals surface area contributed by atoms with Gasteiger partial charge in [-0.2, -0.15) is 5.10 Å². The van der Waals surface area contributed by atoms with E-state index in [1.165, 1.54) is 30.5 Å². The van der Waals surface area contributed by atoms with Crippen LogP contribution in [0.4, 0.5) is 10.1 Å². The number of rotatable bonds is 11. The number of carbonyl (C=O) groups excluding carboxylic acids is 2. The predicted octanol–water partition coefficient (Wildman–Crippen LogP) is 5.91. The standard InChI is InChI=1S/C28H25BrFN3O6/c1-3-36-21-9-10-23-18(13-21)14-25(39-23)28(35)33-31-15-17-11-22(29)27(24(12-17)37-4-2)38-16-26(34)32-20-7-5-19(30)6-8-20/h5-15H,3-4,16H2,1-2H3,(H,32,34)(H,33,35)/b31-15+. The Labute approximate surface area is 232 Å². The van der Waals surface area contributed by atoms with Crippen LogP contribution < -0.4 is 25.0 Å². The van der Waals surface area contributed by atoms with Crippen LogP contribution in [0.2, 0.25) is 0 Å². The number of fused-ring (bicyclic) bond motifs is 1. The summed E-state index contributed by atoms with van der Waals surface area (Å²) in [6.45, 7) is 4.28. The normalized spacial score (nSPS) is 11.0. The predicted molar refractivity (Wildman–Crippen MR) is 148 cm³/mol. The van der Waals surface area contributed by atoms with Crippen LogP contribution in [0.3, 0.4) is 0 Å². The third-order valence-corrected chi connectivity index (χ3v) is 5.80. The fraction of sp³-hybridized carbons (Fsp3) is 0.179. The van der Waals surface area contributed by atoms with Crippen molar-refractivity contribution in [3.05, 3.63) is 82.3 Å². The van der Waals surface area contributed by atoms with Crippen molar-refractivity contribution in [3.63, 3.8) is 0 Å². The number of halogens is 2. The van der Waals surface area contributed by atoms with Crippen molar-refractivity contribution in [3.8, 4) is 17.2 Å². The van der Waals surface area contributed by atoms with Crippen LogP contribution in [0.5, 0.6) is 17.2 Å². The summed E-state index contributed by atoms with van der Waals surface area (Å²) in [6.07, 6.45) is 1.44. The minimum atomic E-state index is -0.517. The highest BCUT2D eigenvalue weighted by molar-refractivity contribution is 9.10. The van der Waals surface area contributed by atoms with Crippen molar-refractivity contribution < 1.29 is 32.6 Å². The smallest absolute Gasteiger partial charge is 0.307 e. The van der Waals surface area contributed by atoms with Gasteiger partial charge in [0.2, 0.25) is 0 Å². The molecule has 11 heteroatoms. The lowest BCUT2D eigenvalue weighted by molar-refractivity contribution is -0.118. The number of benzene rings is 3. The zero-order valence-electron chi connectivity index (χ0n) is 21.1. The van der Waals surface area contributed by atoms with Crippen LogP contribution >= 0.6 is 15.9 Å². The molecule has 0 aliphatic heterocycles. The van der Waals surface area contributed by atoms with Gasteiger partial charge in [-0.25, -0.2) is 9.82 Å². The minimum absolute atomic E-state index is 0.106. The summed E-state index contributed by atoms with van der Waals surface area (Å²) in [5.74, 6) is 0.143. The zero-order valence-corrected chi connectivity index (χ0v) is 22.7. The van der Waals surface area contributed by atoms with Gasteiger partial charge in [0.15, 0.2) is 23.9 Å². The molecular weight excluding hydrogens is 573 g/mol. The molecule has 9 nitrogen and oxygen atoms in total. The van der Waals surface area contributed by atoms with Gasteiger partial charge in [0.1, 0.15) is 17.1 Å². The molecule has 0 saturated carbocycles. The van der Waals surface area contributed by atoms with Crippen molar-refractivity contribution in [1.29, 1.82) is 0 Å². The lowest BCUT2D eigenvalue weighted by atomic mass is 10.2. The first-order chi connectivity index (χ1) is 18.9. The molecule has 4 aromatic rings. The van der Waals surface area contributed by atoms with Crippen molar-refractivity contribution in [2.45, 2.75) is 13.8 Å². The van der Waals surface area contributed by atoms with Gasteiger partial charge in [-0.3, -0.25) is 9.59 Å². The molecule has 202 valence electrons. The Morgan fingerprint density at radius 1 is 1.00 bits per heavy atom. The monoisotopic (exact) mass is 597 g/mol. The quantitative estimate of drug-likeness (QED) is 0.164. The first-order valence-corrected chi connectivity index (χ1v) is 12.8. The molecule has 2 amide bonds. The lowest BCUT2D eigenvalue weighted by Gasteiger charge is -2.14. The highest BCUT2D eigenvalue weighted by atomic mass is 79.9. The van der Waals surface area contributed by atoms with Crippen molar-refractivity contribution >= 4 is 50.6 Å². The molecule has 1 heterocycles. The van der Waals surface area contributed by atoms with Crippen LogP contribution in [0.1, 0.15) is 30.0 Å². The number of anilines is 1. The number of amides is 2. The van der Waals surface area contributed by atoms with Crippen molar-refractivity contribution in [2.24, 2.45) is 5.10 Å². The number of hydrazone groups is 1. The van der Waals surface area contributed by atoms with Crippen molar-refractivity contribution in [2.75, 3.05) is 25.1 Å². The van der Waals surface area contributed by atoms with Gasteiger partial charge in [-0.05, 0) is 96.0 Å². The maximum Gasteiger partial charge on any atom is 0.307 e. The molecule has 3 aromatic carbocycles. The fourth-order valence-corrected chi connectivity index (χ4v) is 4.12. The van der Waals surface area contributed by atoms with E-state index >= 15 is 0 Å². The van der Waals surface area contributed by atoms with E-state index in [4.69, 9.17) is 18.6 Å². The molecule has 0 atom stereocenters. The molecule has 0 aliphatic carbocycles. The molecule has 0 spiro atoms. The van der Waals surface area contributed by atoms with Gasteiger partial charge in [-0.1, -0.05) is 0 Å². The number of hydrogen-bond donors (Lipinski definition) is 2. The van der Waals surface area contributed by atoms with Crippen molar-refractivity contribution in [1.82, 2.24) is 5.43 Å². The third-order valence-electron chi connectivity index (χ3n) is 5.21. The molecule has 0 fully saturated rings. The zero-order chi connectivity index (χ0) is 27.8. The summed E-state index contributed by atoms with van der Waals surface area (Å²) in [4.78, 5) is 24.8. The van der Waals surface area contributed by atoms with E-state index in [1.54, 1.807) is 36.4 Å². The molecule has 1 aromatic heterocycles. The second-order valence-electron chi connectivity index (χ2n) is 8.05. The number of nitrogens with zero attached hydrogens (tertiary/aromatic N) is 1. The van der Waals surface area contributed by atoms with Gasteiger partial charge >= 0.3 is 5.91 Å². The first kappa shape index (κ1) is 27.6. The minimum Gasteiger partial charge on any atom is -0.494 e. The van der Waals surface area contributed by atoms with E-state index < -0.39 is 17.6 Å². The van der Waals surface area contributed by atoms with E-state index in [1.807, 2.05) is 13.8 Å². The molecule has 4 rings (SSSR count). The molecule has 0 aliphatic rings. The Hall–Kier alpha value is -4.38. The molecule has 0 radical (unpaired) electrons. The highest BCUT2D eigenvalue weighted by Gasteiger charge is 2.15. The van der Waals surface area contributed by atoms with E-state index in [2.05, 4.69) is 31.8 Å². The number of ether oxygens (including phenoxy) is 3.